The highest BCUT2D eigenvalue weighted by Crippen LogP contribution is 2.13. The van der Waals surface area contributed by atoms with Crippen molar-refractivity contribution in [3.63, 3.8) is 0 Å². The molecule has 1 aliphatic rings. The summed E-state index contributed by atoms with van der Waals surface area (Å²) in [5, 5.41) is 6.41. The van der Waals surface area contributed by atoms with Crippen molar-refractivity contribution in [1.82, 2.24) is 10.6 Å². The SMILES string of the molecule is CCC(CC)CNC(=O)CC1CCCNC1. The molecule has 0 saturated carbocycles. The zero-order valence-corrected chi connectivity index (χ0v) is 10.7. The number of nitrogens with one attached hydrogen (secondary N) is 2. The second kappa shape index (κ2) is 7.66. The highest BCUT2D eigenvalue weighted by atomic mass is 16.1. The third-order valence-corrected chi connectivity index (χ3v) is 3.62. The van der Waals surface area contributed by atoms with E-state index >= 15 is 0 Å². The molecular weight excluding hydrogens is 200 g/mol. The van der Waals surface area contributed by atoms with Crippen LogP contribution in [-0.4, -0.2) is 25.5 Å². The third-order valence-electron chi connectivity index (χ3n) is 3.62. The van der Waals surface area contributed by atoms with Gasteiger partial charge in [-0.3, -0.25) is 4.79 Å². The van der Waals surface area contributed by atoms with Crippen molar-refractivity contribution in [1.29, 1.82) is 0 Å². The summed E-state index contributed by atoms with van der Waals surface area (Å²) in [6.45, 7) is 7.35. The zero-order valence-electron chi connectivity index (χ0n) is 10.7. The summed E-state index contributed by atoms with van der Waals surface area (Å²) >= 11 is 0. The van der Waals surface area contributed by atoms with Crippen LogP contribution in [0.15, 0.2) is 0 Å². The van der Waals surface area contributed by atoms with Gasteiger partial charge in [0.05, 0.1) is 0 Å². The van der Waals surface area contributed by atoms with Gasteiger partial charge >= 0.3 is 0 Å². The van der Waals surface area contributed by atoms with Crippen LogP contribution < -0.4 is 10.6 Å². The molecule has 1 amide bonds. The minimum atomic E-state index is 0.237. The predicted octanol–water partition coefficient (Wildman–Crippen LogP) is 1.93. The maximum atomic E-state index is 11.7. The molecule has 0 aliphatic carbocycles. The largest absolute Gasteiger partial charge is 0.356 e. The fourth-order valence-corrected chi connectivity index (χ4v) is 2.27. The number of carbonyl (C=O) groups excluding carboxylic acids is 1. The van der Waals surface area contributed by atoms with Gasteiger partial charge in [-0.25, -0.2) is 0 Å². The lowest BCUT2D eigenvalue weighted by molar-refractivity contribution is -0.122. The molecule has 3 heteroatoms. The number of hydrogen-bond acceptors (Lipinski definition) is 2. The average Bonchev–Trinajstić information content (AvgIpc) is 2.31. The number of rotatable bonds is 6. The molecular formula is C13H26N2O. The molecule has 2 N–H and O–H groups in total. The molecule has 1 heterocycles. The maximum Gasteiger partial charge on any atom is 0.220 e. The van der Waals surface area contributed by atoms with Crippen LogP contribution in [0, 0.1) is 11.8 Å². The molecule has 1 rings (SSSR count). The van der Waals surface area contributed by atoms with Crippen molar-refractivity contribution in [2.75, 3.05) is 19.6 Å². The van der Waals surface area contributed by atoms with Gasteiger partial charge in [-0.15, -0.1) is 0 Å². The lowest BCUT2D eigenvalue weighted by Crippen LogP contribution is -2.35. The quantitative estimate of drug-likeness (QED) is 0.726. The fraction of sp³-hybridized carbons (Fsp3) is 0.923. The Hall–Kier alpha value is -0.570. The summed E-state index contributed by atoms with van der Waals surface area (Å²) in [5.41, 5.74) is 0. The Morgan fingerprint density at radius 3 is 2.75 bits per heavy atom. The van der Waals surface area contributed by atoms with E-state index in [1.807, 2.05) is 0 Å². The van der Waals surface area contributed by atoms with E-state index in [9.17, 15) is 4.79 Å². The normalized spacial score (nSPS) is 21.1. The Labute approximate surface area is 99.4 Å². The van der Waals surface area contributed by atoms with Crippen LogP contribution in [0.2, 0.25) is 0 Å². The van der Waals surface area contributed by atoms with Gasteiger partial charge in [-0.05, 0) is 37.8 Å². The van der Waals surface area contributed by atoms with Crippen LogP contribution in [0.5, 0.6) is 0 Å². The van der Waals surface area contributed by atoms with Gasteiger partial charge in [0.25, 0.3) is 0 Å². The Morgan fingerprint density at radius 2 is 2.19 bits per heavy atom. The number of carbonyl (C=O) groups is 1. The van der Waals surface area contributed by atoms with Gasteiger partial charge in [-0.1, -0.05) is 26.7 Å². The van der Waals surface area contributed by atoms with Gasteiger partial charge in [0, 0.05) is 13.0 Å². The van der Waals surface area contributed by atoms with Crippen molar-refractivity contribution in [3.8, 4) is 0 Å². The summed E-state index contributed by atoms with van der Waals surface area (Å²) in [4.78, 5) is 11.7. The highest BCUT2D eigenvalue weighted by Gasteiger charge is 2.16. The van der Waals surface area contributed by atoms with Gasteiger partial charge in [0.1, 0.15) is 0 Å². The highest BCUT2D eigenvalue weighted by molar-refractivity contribution is 5.76. The molecule has 0 aromatic heterocycles. The van der Waals surface area contributed by atoms with E-state index in [1.54, 1.807) is 0 Å². The lowest BCUT2D eigenvalue weighted by atomic mass is 9.95. The van der Waals surface area contributed by atoms with Crippen LogP contribution in [-0.2, 0) is 4.79 Å². The molecule has 1 atom stereocenters. The summed E-state index contributed by atoms with van der Waals surface area (Å²) in [7, 11) is 0. The van der Waals surface area contributed by atoms with E-state index in [2.05, 4.69) is 24.5 Å². The van der Waals surface area contributed by atoms with Gasteiger partial charge in [-0.2, -0.15) is 0 Å². The van der Waals surface area contributed by atoms with Crippen LogP contribution in [0.1, 0.15) is 46.0 Å². The second-order valence-electron chi connectivity index (χ2n) is 4.90. The van der Waals surface area contributed by atoms with E-state index in [0.717, 1.165) is 32.5 Å². The predicted molar refractivity (Wildman–Crippen MR) is 67.3 cm³/mol. The summed E-state index contributed by atoms with van der Waals surface area (Å²) in [5.74, 6) is 1.43. The Balaban J connectivity index is 2.14. The van der Waals surface area contributed by atoms with Gasteiger partial charge in [0.2, 0.25) is 5.91 Å². The summed E-state index contributed by atoms with van der Waals surface area (Å²) in [6.07, 6.45) is 5.42. The second-order valence-corrected chi connectivity index (χ2v) is 4.90. The van der Waals surface area contributed by atoms with E-state index in [4.69, 9.17) is 0 Å². The number of amides is 1. The molecule has 0 aromatic carbocycles. The first-order chi connectivity index (χ1) is 7.76. The van der Waals surface area contributed by atoms with Crippen molar-refractivity contribution in [2.24, 2.45) is 11.8 Å². The standard InChI is InChI=1S/C13H26N2O/c1-3-11(4-2)10-15-13(16)8-12-6-5-7-14-9-12/h11-12,14H,3-10H2,1-2H3,(H,15,16). The zero-order chi connectivity index (χ0) is 11.8. The lowest BCUT2D eigenvalue weighted by Gasteiger charge is -2.22. The van der Waals surface area contributed by atoms with E-state index in [0.29, 0.717) is 18.3 Å². The van der Waals surface area contributed by atoms with Crippen LogP contribution in [0.3, 0.4) is 0 Å². The summed E-state index contributed by atoms with van der Waals surface area (Å²) in [6, 6.07) is 0. The first-order valence-corrected chi connectivity index (χ1v) is 6.73. The molecule has 16 heavy (non-hydrogen) atoms. The molecule has 1 fully saturated rings. The smallest absolute Gasteiger partial charge is 0.220 e. The van der Waals surface area contributed by atoms with E-state index < -0.39 is 0 Å². The Morgan fingerprint density at radius 1 is 1.44 bits per heavy atom. The molecule has 0 radical (unpaired) electrons. The monoisotopic (exact) mass is 226 g/mol. The van der Waals surface area contributed by atoms with Crippen LogP contribution >= 0.6 is 0 Å². The van der Waals surface area contributed by atoms with Crippen molar-refractivity contribution >= 4 is 5.91 Å². The van der Waals surface area contributed by atoms with Crippen molar-refractivity contribution in [2.45, 2.75) is 46.0 Å². The number of piperidine rings is 1. The topological polar surface area (TPSA) is 41.1 Å². The third kappa shape index (κ3) is 4.97. The Kier molecular flexibility index (Phi) is 6.46. The molecule has 94 valence electrons. The van der Waals surface area contributed by atoms with E-state index in [1.165, 1.54) is 12.8 Å². The molecule has 0 aromatic rings. The maximum absolute atomic E-state index is 11.7. The number of hydrogen-bond donors (Lipinski definition) is 2. The molecule has 1 saturated heterocycles. The minimum absolute atomic E-state index is 0.237. The van der Waals surface area contributed by atoms with Crippen LogP contribution in [0.25, 0.3) is 0 Å². The average molecular weight is 226 g/mol. The van der Waals surface area contributed by atoms with Crippen molar-refractivity contribution in [3.05, 3.63) is 0 Å². The van der Waals surface area contributed by atoms with Gasteiger partial charge < -0.3 is 10.6 Å². The first-order valence-electron chi connectivity index (χ1n) is 6.73. The van der Waals surface area contributed by atoms with E-state index in [-0.39, 0.29) is 5.91 Å². The molecule has 3 nitrogen and oxygen atoms in total. The molecule has 1 aliphatic heterocycles. The first kappa shape index (κ1) is 13.5. The molecule has 0 spiro atoms. The van der Waals surface area contributed by atoms with Crippen molar-refractivity contribution < 1.29 is 4.79 Å². The van der Waals surface area contributed by atoms with Crippen LogP contribution in [0.4, 0.5) is 0 Å². The Bertz CT molecular complexity index is 196. The minimum Gasteiger partial charge on any atom is -0.356 e. The van der Waals surface area contributed by atoms with Gasteiger partial charge in [0.15, 0.2) is 0 Å². The molecule has 1 unspecified atom stereocenters. The molecule has 0 bridgehead atoms. The fourth-order valence-electron chi connectivity index (χ4n) is 2.27. The summed E-state index contributed by atoms with van der Waals surface area (Å²) < 4.78 is 0.